The molecule has 0 bridgehead atoms. The summed E-state index contributed by atoms with van der Waals surface area (Å²) in [6.07, 6.45) is 0.550. The molecule has 2 rings (SSSR count). The maximum Gasteiger partial charge on any atom is 0.272 e. The molecule has 0 fully saturated rings. The summed E-state index contributed by atoms with van der Waals surface area (Å²) in [6, 6.07) is 12.7. The summed E-state index contributed by atoms with van der Waals surface area (Å²) in [5, 5.41) is 15.0. The van der Waals surface area contributed by atoms with E-state index in [0.29, 0.717) is 6.42 Å². The van der Waals surface area contributed by atoms with Gasteiger partial charge in [0.15, 0.2) is 0 Å². The van der Waals surface area contributed by atoms with Crippen LogP contribution in [-0.4, -0.2) is 12.0 Å². The van der Waals surface area contributed by atoms with Gasteiger partial charge in [-0.3, -0.25) is 10.1 Å². The van der Waals surface area contributed by atoms with Gasteiger partial charge in [0.05, 0.1) is 4.92 Å². The molecule has 2 aromatic rings. The molecule has 0 aliphatic carbocycles. The van der Waals surface area contributed by atoms with Crippen molar-refractivity contribution in [3.63, 3.8) is 0 Å². The molecule has 0 saturated carbocycles. The molecular formula is C16H17ClN2O2. The number of hydrogen-bond acceptors (Lipinski definition) is 3. The SMILES string of the molecule is CNC(Cc1ccccc1[N+](=O)[O-])c1ccc(Cl)c(C)c1. The molecular weight excluding hydrogens is 288 g/mol. The number of hydrogen-bond donors (Lipinski definition) is 1. The van der Waals surface area contributed by atoms with Gasteiger partial charge < -0.3 is 5.32 Å². The van der Waals surface area contributed by atoms with Gasteiger partial charge in [0.1, 0.15) is 0 Å². The van der Waals surface area contributed by atoms with Crippen molar-refractivity contribution >= 4 is 17.3 Å². The fourth-order valence-electron chi connectivity index (χ4n) is 2.35. The molecule has 0 amide bonds. The van der Waals surface area contributed by atoms with Gasteiger partial charge in [-0.2, -0.15) is 0 Å². The molecule has 0 radical (unpaired) electrons. The third kappa shape index (κ3) is 3.60. The minimum absolute atomic E-state index is 0.00191. The fraction of sp³-hybridized carbons (Fsp3) is 0.250. The first-order valence-corrected chi connectivity index (χ1v) is 7.06. The lowest BCUT2D eigenvalue weighted by Gasteiger charge is -2.17. The molecule has 0 aliphatic heterocycles. The van der Waals surface area contributed by atoms with Crippen LogP contribution in [0.25, 0.3) is 0 Å². The maximum atomic E-state index is 11.1. The number of halogens is 1. The van der Waals surface area contributed by atoms with E-state index in [2.05, 4.69) is 5.32 Å². The zero-order valence-corrected chi connectivity index (χ0v) is 12.7. The molecule has 4 nitrogen and oxygen atoms in total. The average molecular weight is 305 g/mol. The fourth-order valence-corrected chi connectivity index (χ4v) is 2.47. The number of para-hydroxylation sites is 1. The second-order valence-electron chi connectivity index (χ2n) is 4.94. The van der Waals surface area contributed by atoms with E-state index in [9.17, 15) is 10.1 Å². The number of nitrogens with zero attached hydrogens (tertiary/aromatic N) is 1. The van der Waals surface area contributed by atoms with Crippen LogP contribution in [0.15, 0.2) is 42.5 Å². The second kappa shape index (κ2) is 6.70. The van der Waals surface area contributed by atoms with Crippen molar-refractivity contribution in [3.8, 4) is 0 Å². The Balaban J connectivity index is 2.31. The molecule has 0 saturated heterocycles. The highest BCUT2D eigenvalue weighted by atomic mass is 35.5. The molecule has 2 aromatic carbocycles. The monoisotopic (exact) mass is 304 g/mol. The first-order valence-electron chi connectivity index (χ1n) is 6.68. The lowest BCUT2D eigenvalue weighted by atomic mass is 9.97. The Bertz CT molecular complexity index is 658. The van der Waals surface area contributed by atoms with Crippen LogP contribution >= 0.6 is 11.6 Å². The number of benzene rings is 2. The Kier molecular flexibility index (Phi) is 4.94. The van der Waals surface area contributed by atoms with Gasteiger partial charge in [-0.15, -0.1) is 0 Å². The van der Waals surface area contributed by atoms with Gasteiger partial charge in [0.2, 0.25) is 0 Å². The number of nitro benzene ring substituents is 1. The summed E-state index contributed by atoms with van der Waals surface area (Å²) in [6.45, 7) is 1.95. The van der Waals surface area contributed by atoms with Crippen LogP contribution in [0.3, 0.4) is 0 Å². The van der Waals surface area contributed by atoms with Crippen molar-refractivity contribution in [1.29, 1.82) is 0 Å². The minimum Gasteiger partial charge on any atom is -0.313 e. The highest BCUT2D eigenvalue weighted by Gasteiger charge is 2.18. The Labute approximate surface area is 128 Å². The Morgan fingerprint density at radius 1 is 1.29 bits per heavy atom. The smallest absolute Gasteiger partial charge is 0.272 e. The summed E-state index contributed by atoms with van der Waals surface area (Å²) in [5.41, 5.74) is 2.94. The molecule has 0 aliphatic rings. The van der Waals surface area contributed by atoms with E-state index >= 15 is 0 Å². The van der Waals surface area contributed by atoms with Crippen LogP contribution in [-0.2, 0) is 6.42 Å². The first-order chi connectivity index (χ1) is 10.0. The van der Waals surface area contributed by atoms with Crippen LogP contribution in [0, 0.1) is 17.0 Å². The van der Waals surface area contributed by atoms with E-state index in [1.807, 2.05) is 38.2 Å². The van der Waals surface area contributed by atoms with Gasteiger partial charge in [0, 0.05) is 22.7 Å². The Hall–Kier alpha value is -1.91. The van der Waals surface area contributed by atoms with Crippen LogP contribution in [0.5, 0.6) is 0 Å². The van der Waals surface area contributed by atoms with Crippen molar-refractivity contribution in [2.45, 2.75) is 19.4 Å². The summed E-state index contributed by atoms with van der Waals surface area (Å²) in [7, 11) is 1.85. The predicted octanol–water partition coefficient (Wildman–Crippen LogP) is 4.06. The maximum absolute atomic E-state index is 11.1. The van der Waals surface area contributed by atoms with E-state index in [1.54, 1.807) is 12.1 Å². The Morgan fingerprint density at radius 3 is 2.62 bits per heavy atom. The van der Waals surface area contributed by atoms with Crippen molar-refractivity contribution in [3.05, 3.63) is 74.3 Å². The van der Waals surface area contributed by atoms with Crippen molar-refractivity contribution in [2.75, 3.05) is 7.05 Å². The van der Waals surface area contributed by atoms with E-state index in [-0.39, 0.29) is 16.7 Å². The normalized spacial score (nSPS) is 12.1. The van der Waals surface area contributed by atoms with Crippen LogP contribution in [0.4, 0.5) is 5.69 Å². The minimum atomic E-state index is -0.338. The number of nitrogens with one attached hydrogen (secondary N) is 1. The van der Waals surface area contributed by atoms with Gasteiger partial charge in [-0.25, -0.2) is 0 Å². The molecule has 1 unspecified atom stereocenters. The van der Waals surface area contributed by atoms with Crippen LogP contribution in [0.2, 0.25) is 5.02 Å². The first kappa shape index (κ1) is 15.5. The lowest BCUT2D eigenvalue weighted by Crippen LogP contribution is -2.19. The molecule has 1 N–H and O–H groups in total. The number of nitro groups is 1. The van der Waals surface area contributed by atoms with E-state index < -0.39 is 0 Å². The summed E-state index contributed by atoms with van der Waals surface area (Å²) >= 11 is 6.05. The quantitative estimate of drug-likeness (QED) is 0.669. The van der Waals surface area contributed by atoms with Gasteiger partial charge in [-0.1, -0.05) is 41.9 Å². The molecule has 1 atom stereocenters. The topological polar surface area (TPSA) is 55.2 Å². The third-order valence-corrected chi connectivity index (χ3v) is 3.97. The number of aryl methyl sites for hydroxylation is 1. The van der Waals surface area contributed by atoms with Crippen LogP contribution in [0.1, 0.15) is 22.7 Å². The zero-order valence-electron chi connectivity index (χ0n) is 12.0. The molecule has 0 aromatic heterocycles. The molecule has 5 heteroatoms. The summed E-state index contributed by atoms with van der Waals surface area (Å²) < 4.78 is 0. The van der Waals surface area contributed by atoms with Crippen molar-refractivity contribution in [1.82, 2.24) is 5.32 Å². The summed E-state index contributed by atoms with van der Waals surface area (Å²) in [4.78, 5) is 10.8. The highest BCUT2D eigenvalue weighted by Crippen LogP contribution is 2.27. The molecule has 0 heterocycles. The van der Waals surface area contributed by atoms with Crippen LogP contribution < -0.4 is 5.32 Å². The van der Waals surface area contributed by atoms with Gasteiger partial charge >= 0.3 is 0 Å². The molecule has 110 valence electrons. The third-order valence-electron chi connectivity index (χ3n) is 3.55. The van der Waals surface area contributed by atoms with Gasteiger partial charge in [0.25, 0.3) is 5.69 Å². The molecule has 21 heavy (non-hydrogen) atoms. The predicted molar refractivity (Wildman–Crippen MR) is 84.8 cm³/mol. The van der Waals surface area contributed by atoms with Gasteiger partial charge in [-0.05, 0) is 37.6 Å². The lowest BCUT2D eigenvalue weighted by molar-refractivity contribution is -0.385. The summed E-state index contributed by atoms with van der Waals surface area (Å²) in [5.74, 6) is 0. The van der Waals surface area contributed by atoms with Crippen molar-refractivity contribution < 1.29 is 4.92 Å². The Morgan fingerprint density at radius 2 is 2.00 bits per heavy atom. The van der Waals surface area contributed by atoms with E-state index in [4.69, 9.17) is 11.6 Å². The number of rotatable bonds is 5. The number of likely N-dealkylation sites (N-methyl/N-ethyl adjacent to an activating group) is 1. The highest BCUT2D eigenvalue weighted by molar-refractivity contribution is 6.31. The van der Waals surface area contributed by atoms with Crippen molar-refractivity contribution in [2.24, 2.45) is 0 Å². The second-order valence-corrected chi connectivity index (χ2v) is 5.35. The zero-order chi connectivity index (χ0) is 15.4. The molecule has 0 spiro atoms. The average Bonchev–Trinajstić information content (AvgIpc) is 2.48. The largest absolute Gasteiger partial charge is 0.313 e. The van der Waals surface area contributed by atoms with E-state index in [1.165, 1.54) is 6.07 Å². The van der Waals surface area contributed by atoms with E-state index in [0.717, 1.165) is 21.7 Å². The standard InChI is InChI=1S/C16H17ClN2O2/c1-11-9-12(7-8-14(11)17)15(18-2)10-13-5-3-4-6-16(13)19(20)21/h3-9,15,18H,10H2,1-2H3.